The van der Waals surface area contributed by atoms with Crippen molar-refractivity contribution in [1.29, 1.82) is 0 Å². The largest absolute Gasteiger partial charge is 0.481 e. The van der Waals surface area contributed by atoms with Gasteiger partial charge in [0.05, 0.1) is 6.42 Å². The maximum Gasteiger partial charge on any atom is 0.304 e. The lowest BCUT2D eigenvalue weighted by molar-refractivity contribution is -0.140. The standard InChI is InChI=1S/C15H21NO3/c1-10-4-5-13(11(2)8-10)6-7-16-15(19)12(3)9-14(17)18/h4-5,8,12H,6-7,9H2,1-3H3,(H,16,19)(H,17,18). The fourth-order valence-electron chi connectivity index (χ4n) is 1.98. The summed E-state index contributed by atoms with van der Waals surface area (Å²) in [6.07, 6.45) is 0.632. The quantitative estimate of drug-likeness (QED) is 0.825. The average molecular weight is 263 g/mol. The molecule has 1 atom stereocenters. The molecule has 2 N–H and O–H groups in total. The summed E-state index contributed by atoms with van der Waals surface area (Å²) in [4.78, 5) is 22.1. The van der Waals surface area contributed by atoms with Crippen LogP contribution in [0, 0.1) is 19.8 Å². The molecule has 4 heteroatoms. The molecule has 0 saturated heterocycles. The van der Waals surface area contributed by atoms with Gasteiger partial charge in [0.2, 0.25) is 5.91 Å². The van der Waals surface area contributed by atoms with Crippen molar-refractivity contribution in [2.75, 3.05) is 6.54 Å². The van der Waals surface area contributed by atoms with E-state index in [4.69, 9.17) is 5.11 Å². The second-order valence-corrected chi connectivity index (χ2v) is 4.97. The fraction of sp³-hybridized carbons (Fsp3) is 0.467. The molecule has 0 radical (unpaired) electrons. The molecule has 0 fully saturated rings. The van der Waals surface area contributed by atoms with Crippen LogP contribution in [0.15, 0.2) is 18.2 Å². The fourth-order valence-corrected chi connectivity index (χ4v) is 1.98. The van der Waals surface area contributed by atoms with Crippen molar-refractivity contribution in [3.05, 3.63) is 34.9 Å². The summed E-state index contributed by atoms with van der Waals surface area (Å²) in [5.41, 5.74) is 3.64. The van der Waals surface area contributed by atoms with Crippen LogP contribution >= 0.6 is 0 Å². The van der Waals surface area contributed by atoms with Gasteiger partial charge in [0.25, 0.3) is 0 Å². The van der Waals surface area contributed by atoms with Crippen molar-refractivity contribution in [3.63, 3.8) is 0 Å². The summed E-state index contributed by atoms with van der Waals surface area (Å²) in [6, 6.07) is 6.24. The zero-order chi connectivity index (χ0) is 14.4. The molecule has 1 unspecified atom stereocenters. The Kier molecular flexibility index (Phi) is 5.55. The Labute approximate surface area is 113 Å². The number of aliphatic carboxylic acids is 1. The van der Waals surface area contributed by atoms with E-state index in [0.29, 0.717) is 6.54 Å². The Morgan fingerprint density at radius 1 is 1.32 bits per heavy atom. The van der Waals surface area contributed by atoms with E-state index < -0.39 is 11.9 Å². The summed E-state index contributed by atoms with van der Waals surface area (Å²) in [7, 11) is 0. The van der Waals surface area contributed by atoms with Crippen LogP contribution in [-0.4, -0.2) is 23.5 Å². The summed E-state index contributed by atoms with van der Waals surface area (Å²) in [6.45, 7) is 6.26. The molecule has 0 heterocycles. The van der Waals surface area contributed by atoms with E-state index in [1.54, 1.807) is 6.92 Å². The lowest BCUT2D eigenvalue weighted by atomic mass is 10.0. The number of amides is 1. The van der Waals surface area contributed by atoms with Crippen molar-refractivity contribution in [2.24, 2.45) is 5.92 Å². The number of hydrogen-bond acceptors (Lipinski definition) is 2. The molecule has 0 aliphatic carbocycles. The summed E-state index contributed by atoms with van der Waals surface area (Å²) in [5.74, 6) is -1.64. The molecule has 104 valence electrons. The first-order valence-electron chi connectivity index (χ1n) is 6.45. The van der Waals surface area contributed by atoms with Gasteiger partial charge in [0.15, 0.2) is 0 Å². The van der Waals surface area contributed by atoms with Gasteiger partial charge < -0.3 is 10.4 Å². The van der Waals surface area contributed by atoms with Gasteiger partial charge >= 0.3 is 5.97 Å². The van der Waals surface area contributed by atoms with Crippen LogP contribution in [0.25, 0.3) is 0 Å². The van der Waals surface area contributed by atoms with Gasteiger partial charge in [-0.15, -0.1) is 0 Å². The predicted molar refractivity (Wildman–Crippen MR) is 74.0 cm³/mol. The van der Waals surface area contributed by atoms with E-state index in [1.165, 1.54) is 16.7 Å². The van der Waals surface area contributed by atoms with Gasteiger partial charge in [0, 0.05) is 12.5 Å². The number of carbonyl (C=O) groups excluding carboxylic acids is 1. The molecule has 1 aromatic rings. The Balaban J connectivity index is 2.41. The van der Waals surface area contributed by atoms with E-state index in [1.807, 2.05) is 6.92 Å². The molecule has 0 aliphatic heterocycles. The third-order valence-corrected chi connectivity index (χ3v) is 3.12. The van der Waals surface area contributed by atoms with Gasteiger partial charge in [-0.2, -0.15) is 0 Å². The minimum atomic E-state index is -0.947. The summed E-state index contributed by atoms with van der Waals surface area (Å²) in [5, 5.41) is 11.4. The molecule has 4 nitrogen and oxygen atoms in total. The Morgan fingerprint density at radius 3 is 2.58 bits per heavy atom. The van der Waals surface area contributed by atoms with Crippen molar-refractivity contribution < 1.29 is 14.7 Å². The molecule has 0 saturated carbocycles. The number of rotatable bonds is 6. The Bertz CT molecular complexity index is 468. The van der Waals surface area contributed by atoms with Crippen LogP contribution in [0.1, 0.15) is 30.0 Å². The maximum absolute atomic E-state index is 11.6. The van der Waals surface area contributed by atoms with Gasteiger partial charge in [-0.1, -0.05) is 30.7 Å². The number of carbonyl (C=O) groups is 2. The van der Waals surface area contributed by atoms with Crippen molar-refractivity contribution >= 4 is 11.9 Å². The van der Waals surface area contributed by atoms with Crippen LogP contribution < -0.4 is 5.32 Å². The van der Waals surface area contributed by atoms with Gasteiger partial charge in [-0.25, -0.2) is 0 Å². The molecular formula is C15H21NO3. The van der Waals surface area contributed by atoms with E-state index in [2.05, 4.69) is 30.4 Å². The number of aryl methyl sites for hydroxylation is 2. The summed E-state index contributed by atoms with van der Waals surface area (Å²) >= 11 is 0. The number of hydrogen-bond donors (Lipinski definition) is 2. The lowest BCUT2D eigenvalue weighted by Crippen LogP contribution is -2.32. The van der Waals surface area contributed by atoms with E-state index in [9.17, 15) is 9.59 Å². The van der Waals surface area contributed by atoms with Crippen LogP contribution in [0.2, 0.25) is 0 Å². The smallest absolute Gasteiger partial charge is 0.304 e. The zero-order valence-electron chi connectivity index (χ0n) is 11.7. The Morgan fingerprint density at radius 2 is 2.00 bits per heavy atom. The third kappa shape index (κ3) is 5.12. The highest BCUT2D eigenvalue weighted by Crippen LogP contribution is 2.10. The average Bonchev–Trinajstić information content (AvgIpc) is 2.30. The molecular weight excluding hydrogens is 242 g/mol. The highest BCUT2D eigenvalue weighted by atomic mass is 16.4. The van der Waals surface area contributed by atoms with Crippen LogP contribution in [0.5, 0.6) is 0 Å². The number of nitrogens with one attached hydrogen (secondary N) is 1. The normalized spacial score (nSPS) is 11.9. The van der Waals surface area contributed by atoms with Gasteiger partial charge in [0.1, 0.15) is 0 Å². The zero-order valence-corrected chi connectivity index (χ0v) is 11.7. The van der Waals surface area contributed by atoms with Crippen LogP contribution in [0.3, 0.4) is 0 Å². The maximum atomic E-state index is 11.6. The molecule has 1 aromatic carbocycles. The van der Waals surface area contributed by atoms with E-state index >= 15 is 0 Å². The van der Waals surface area contributed by atoms with Crippen molar-refractivity contribution in [2.45, 2.75) is 33.6 Å². The molecule has 19 heavy (non-hydrogen) atoms. The second-order valence-electron chi connectivity index (χ2n) is 4.97. The van der Waals surface area contributed by atoms with E-state index in [-0.39, 0.29) is 12.3 Å². The lowest BCUT2D eigenvalue weighted by Gasteiger charge is -2.11. The molecule has 1 amide bonds. The number of carboxylic acids is 1. The molecule has 0 aliphatic rings. The first-order valence-corrected chi connectivity index (χ1v) is 6.45. The Hall–Kier alpha value is -1.84. The van der Waals surface area contributed by atoms with Crippen molar-refractivity contribution in [1.82, 2.24) is 5.32 Å². The molecule has 0 aromatic heterocycles. The molecule has 1 rings (SSSR count). The first-order chi connectivity index (χ1) is 8.90. The minimum absolute atomic E-state index is 0.130. The first kappa shape index (κ1) is 15.2. The minimum Gasteiger partial charge on any atom is -0.481 e. The van der Waals surface area contributed by atoms with E-state index in [0.717, 1.165) is 6.42 Å². The number of benzene rings is 1. The predicted octanol–water partition coefficient (Wildman–Crippen LogP) is 2.07. The van der Waals surface area contributed by atoms with Crippen molar-refractivity contribution in [3.8, 4) is 0 Å². The molecule has 0 bridgehead atoms. The van der Waals surface area contributed by atoms with Crippen LogP contribution in [0.4, 0.5) is 0 Å². The summed E-state index contributed by atoms with van der Waals surface area (Å²) < 4.78 is 0. The highest BCUT2D eigenvalue weighted by Gasteiger charge is 2.15. The number of carboxylic acid groups (broad SMARTS) is 1. The third-order valence-electron chi connectivity index (χ3n) is 3.12. The highest BCUT2D eigenvalue weighted by molar-refractivity contribution is 5.82. The molecule has 0 spiro atoms. The topological polar surface area (TPSA) is 66.4 Å². The van der Waals surface area contributed by atoms with Gasteiger partial charge in [-0.05, 0) is 31.4 Å². The van der Waals surface area contributed by atoms with Gasteiger partial charge in [-0.3, -0.25) is 9.59 Å². The monoisotopic (exact) mass is 263 g/mol. The van der Waals surface area contributed by atoms with Crippen LogP contribution in [-0.2, 0) is 16.0 Å². The SMILES string of the molecule is Cc1ccc(CCNC(=O)C(C)CC(=O)O)c(C)c1. The second kappa shape index (κ2) is 6.92.